The highest BCUT2D eigenvalue weighted by Crippen LogP contribution is 2.59. The van der Waals surface area contributed by atoms with E-state index in [0.29, 0.717) is 5.56 Å². The van der Waals surface area contributed by atoms with Crippen LogP contribution in [0.25, 0.3) is 11.5 Å². The number of halogens is 4. The fraction of sp³-hybridized carbons (Fsp3) is 0.333. The minimum absolute atomic E-state index is 0.0432. The molecule has 7 heteroatoms. The van der Waals surface area contributed by atoms with Gasteiger partial charge < -0.3 is 4.52 Å². The molecule has 1 atom stereocenters. The van der Waals surface area contributed by atoms with Gasteiger partial charge >= 0.3 is 11.8 Å². The molecule has 0 aliphatic heterocycles. The summed E-state index contributed by atoms with van der Waals surface area (Å²) in [5, 5.41) is 3.38. The molecular weight excluding hydrogens is 264 g/mol. The summed E-state index contributed by atoms with van der Waals surface area (Å²) in [6, 6.07) is 8.51. The first-order valence-corrected chi connectivity index (χ1v) is 5.56. The standard InChI is InChI=1S/C12H8F4N2O/c13-11(14)6-8(12(11,15)16)9-17-10(19-18-9)7-4-2-1-3-5-7/h1-5,8H,6H2. The summed E-state index contributed by atoms with van der Waals surface area (Å²) in [6.07, 6.45) is -0.965. The van der Waals surface area contributed by atoms with Crippen molar-refractivity contribution < 1.29 is 22.1 Å². The second-order valence-electron chi connectivity index (χ2n) is 4.41. The minimum atomic E-state index is -4.12. The normalized spacial score (nSPS) is 23.9. The van der Waals surface area contributed by atoms with Gasteiger partial charge in [-0.15, -0.1) is 0 Å². The van der Waals surface area contributed by atoms with Gasteiger partial charge in [0.25, 0.3) is 5.89 Å². The number of rotatable bonds is 2. The van der Waals surface area contributed by atoms with E-state index in [2.05, 4.69) is 10.1 Å². The number of benzene rings is 1. The van der Waals surface area contributed by atoms with Crippen LogP contribution in [0, 0.1) is 0 Å². The van der Waals surface area contributed by atoms with Gasteiger partial charge in [0.05, 0.1) is 5.92 Å². The lowest BCUT2D eigenvalue weighted by Crippen LogP contribution is -2.57. The van der Waals surface area contributed by atoms with Crippen LogP contribution in [0.3, 0.4) is 0 Å². The van der Waals surface area contributed by atoms with E-state index in [1.165, 1.54) is 0 Å². The Morgan fingerprint density at radius 2 is 1.79 bits per heavy atom. The third-order valence-electron chi connectivity index (χ3n) is 3.16. The van der Waals surface area contributed by atoms with E-state index in [4.69, 9.17) is 4.52 Å². The molecule has 1 unspecified atom stereocenters. The average Bonchev–Trinajstić information content (AvgIpc) is 2.86. The quantitative estimate of drug-likeness (QED) is 0.785. The summed E-state index contributed by atoms with van der Waals surface area (Å²) in [7, 11) is 0. The lowest BCUT2D eigenvalue weighted by Gasteiger charge is -2.41. The molecule has 0 bridgehead atoms. The smallest absolute Gasteiger partial charge is 0.320 e. The predicted molar refractivity (Wildman–Crippen MR) is 57.0 cm³/mol. The molecule has 3 nitrogen and oxygen atoms in total. The molecule has 1 fully saturated rings. The highest BCUT2D eigenvalue weighted by Gasteiger charge is 2.73. The third-order valence-corrected chi connectivity index (χ3v) is 3.16. The summed E-state index contributed by atoms with van der Waals surface area (Å²) in [4.78, 5) is 3.77. The van der Waals surface area contributed by atoms with Gasteiger partial charge in [0.1, 0.15) is 0 Å². The average molecular weight is 272 g/mol. The summed E-state index contributed by atoms with van der Waals surface area (Å²) in [5.41, 5.74) is 0.552. The van der Waals surface area contributed by atoms with E-state index >= 15 is 0 Å². The molecule has 1 heterocycles. The lowest BCUT2D eigenvalue weighted by atomic mass is 9.76. The maximum atomic E-state index is 13.2. The first-order valence-electron chi connectivity index (χ1n) is 5.56. The number of nitrogens with zero attached hydrogens (tertiary/aromatic N) is 2. The van der Waals surface area contributed by atoms with Crippen LogP contribution < -0.4 is 0 Å². The van der Waals surface area contributed by atoms with Crippen LogP contribution in [0.4, 0.5) is 17.6 Å². The molecule has 1 saturated carbocycles. The summed E-state index contributed by atoms with van der Waals surface area (Å²) < 4.78 is 56.7. The second kappa shape index (κ2) is 3.79. The van der Waals surface area contributed by atoms with E-state index in [-0.39, 0.29) is 11.7 Å². The number of hydrogen-bond donors (Lipinski definition) is 0. The van der Waals surface area contributed by atoms with Crippen LogP contribution in [0.15, 0.2) is 34.9 Å². The molecule has 0 radical (unpaired) electrons. The Balaban J connectivity index is 1.88. The van der Waals surface area contributed by atoms with Gasteiger partial charge in [-0.2, -0.15) is 22.5 Å². The molecule has 2 aromatic rings. The first kappa shape index (κ1) is 12.1. The Morgan fingerprint density at radius 3 is 2.37 bits per heavy atom. The van der Waals surface area contributed by atoms with Crippen LogP contribution in [-0.4, -0.2) is 22.0 Å². The minimum Gasteiger partial charge on any atom is -0.334 e. The van der Waals surface area contributed by atoms with Crippen LogP contribution in [-0.2, 0) is 0 Å². The van der Waals surface area contributed by atoms with Crippen LogP contribution in [0.5, 0.6) is 0 Å². The van der Waals surface area contributed by atoms with Crippen molar-refractivity contribution in [2.75, 3.05) is 0 Å². The maximum absolute atomic E-state index is 13.2. The summed E-state index contributed by atoms with van der Waals surface area (Å²) in [5.74, 6) is -10.1. The van der Waals surface area contributed by atoms with Crippen molar-refractivity contribution >= 4 is 0 Å². The number of alkyl halides is 4. The summed E-state index contributed by atoms with van der Waals surface area (Å²) in [6.45, 7) is 0. The van der Waals surface area contributed by atoms with Gasteiger partial charge in [0.15, 0.2) is 5.82 Å². The largest absolute Gasteiger partial charge is 0.334 e. The maximum Gasteiger partial charge on any atom is 0.320 e. The molecule has 1 aliphatic rings. The molecule has 1 aromatic carbocycles. The van der Waals surface area contributed by atoms with Crippen molar-refractivity contribution in [1.82, 2.24) is 10.1 Å². The Hall–Kier alpha value is -1.92. The zero-order chi connectivity index (χ0) is 13.7. The van der Waals surface area contributed by atoms with Crippen molar-refractivity contribution in [3.8, 4) is 11.5 Å². The van der Waals surface area contributed by atoms with E-state index in [1.54, 1.807) is 30.3 Å². The highest BCUT2D eigenvalue weighted by molar-refractivity contribution is 5.52. The molecule has 0 saturated heterocycles. The number of aromatic nitrogens is 2. The first-order chi connectivity index (χ1) is 8.92. The zero-order valence-electron chi connectivity index (χ0n) is 9.49. The molecule has 19 heavy (non-hydrogen) atoms. The van der Waals surface area contributed by atoms with Gasteiger partial charge in [0.2, 0.25) is 0 Å². The molecule has 1 aliphatic carbocycles. The van der Waals surface area contributed by atoms with Crippen molar-refractivity contribution in [3.63, 3.8) is 0 Å². The van der Waals surface area contributed by atoms with Gasteiger partial charge in [-0.25, -0.2) is 0 Å². The molecule has 0 N–H and O–H groups in total. The molecule has 3 rings (SSSR count). The fourth-order valence-electron chi connectivity index (χ4n) is 1.97. The van der Waals surface area contributed by atoms with Gasteiger partial charge in [-0.05, 0) is 12.1 Å². The second-order valence-corrected chi connectivity index (χ2v) is 4.41. The highest BCUT2D eigenvalue weighted by atomic mass is 19.3. The van der Waals surface area contributed by atoms with Crippen LogP contribution in [0.1, 0.15) is 18.2 Å². The Kier molecular flexibility index (Phi) is 2.42. The Morgan fingerprint density at radius 1 is 1.11 bits per heavy atom. The van der Waals surface area contributed by atoms with Crippen molar-refractivity contribution in [1.29, 1.82) is 0 Å². The zero-order valence-corrected chi connectivity index (χ0v) is 9.49. The fourth-order valence-corrected chi connectivity index (χ4v) is 1.97. The predicted octanol–water partition coefficient (Wildman–Crippen LogP) is 3.49. The van der Waals surface area contributed by atoms with E-state index < -0.39 is 24.2 Å². The van der Waals surface area contributed by atoms with E-state index in [1.807, 2.05) is 0 Å². The van der Waals surface area contributed by atoms with Crippen molar-refractivity contribution in [2.24, 2.45) is 0 Å². The lowest BCUT2D eigenvalue weighted by molar-refractivity contribution is -0.292. The van der Waals surface area contributed by atoms with Crippen molar-refractivity contribution in [2.45, 2.75) is 24.2 Å². The van der Waals surface area contributed by atoms with Gasteiger partial charge in [-0.3, -0.25) is 0 Å². The van der Waals surface area contributed by atoms with Gasteiger partial charge in [-0.1, -0.05) is 23.4 Å². The SMILES string of the molecule is FC1(F)CC(c2noc(-c3ccccc3)n2)C1(F)F. The van der Waals surface area contributed by atoms with Crippen LogP contribution in [0.2, 0.25) is 0 Å². The third kappa shape index (κ3) is 1.72. The number of hydrogen-bond acceptors (Lipinski definition) is 3. The van der Waals surface area contributed by atoms with Gasteiger partial charge in [0, 0.05) is 12.0 Å². The Bertz CT molecular complexity index is 597. The van der Waals surface area contributed by atoms with Crippen LogP contribution >= 0.6 is 0 Å². The summed E-state index contributed by atoms with van der Waals surface area (Å²) >= 11 is 0. The van der Waals surface area contributed by atoms with Crippen molar-refractivity contribution in [3.05, 3.63) is 36.2 Å². The van der Waals surface area contributed by atoms with E-state index in [0.717, 1.165) is 0 Å². The molecule has 100 valence electrons. The molecular formula is C12H8F4N2O. The molecule has 0 spiro atoms. The Labute approximate surface area is 105 Å². The van der Waals surface area contributed by atoms with E-state index in [9.17, 15) is 17.6 Å². The topological polar surface area (TPSA) is 38.9 Å². The molecule has 1 aromatic heterocycles. The monoisotopic (exact) mass is 272 g/mol. The molecule has 0 amide bonds.